The van der Waals surface area contributed by atoms with Crippen molar-refractivity contribution in [1.82, 2.24) is 0 Å². The fourth-order valence-corrected chi connectivity index (χ4v) is 1.20. The van der Waals surface area contributed by atoms with Gasteiger partial charge in [-0.2, -0.15) is 9.98 Å². The van der Waals surface area contributed by atoms with Crippen molar-refractivity contribution in [3.8, 4) is 0 Å². The lowest BCUT2D eigenvalue weighted by Crippen LogP contribution is -2.21. The van der Waals surface area contributed by atoms with E-state index >= 15 is 0 Å². The predicted octanol–water partition coefficient (Wildman–Crippen LogP) is -0.908. The van der Waals surface area contributed by atoms with Gasteiger partial charge in [-0.15, -0.1) is 0 Å². The van der Waals surface area contributed by atoms with Crippen LogP contribution in [0.1, 0.15) is 13.3 Å². The second-order valence-corrected chi connectivity index (χ2v) is 3.60. The van der Waals surface area contributed by atoms with E-state index in [9.17, 15) is 14.4 Å². The summed E-state index contributed by atoms with van der Waals surface area (Å²) in [5, 5.41) is 1.17. The first-order valence-corrected chi connectivity index (χ1v) is 5.03. The standard InChI is InChI=1S/C7H5N3O.C4H7NO2/c8-4-1-2-5-6(3-4)10-7(11)9-5;1-3(6)2-4(5)7/h1-3H,8H2;2H2,1H3,(H2,5,7). The summed E-state index contributed by atoms with van der Waals surface area (Å²) in [5.41, 5.74) is 10.7. The number of rotatable bonds is 2. The van der Waals surface area contributed by atoms with Crippen LogP contribution in [-0.2, 0) is 9.59 Å². The van der Waals surface area contributed by atoms with Crippen LogP contribution < -0.4 is 22.2 Å². The Kier molecular flexibility index (Phi) is 4.25. The number of urea groups is 1. The van der Waals surface area contributed by atoms with Crippen molar-refractivity contribution < 1.29 is 14.4 Å². The number of anilines is 1. The van der Waals surface area contributed by atoms with Crippen LogP contribution in [0.5, 0.6) is 0 Å². The van der Waals surface area contributed by atoms with E-state index in [1.165, 1.54) is 6.92 Å². The number of Topliss-reactive ketones (excluding diaryl/α,β-unsaturated/α-hetero) is 1. The number of hydrogen-bond donors (Lipinski definition) is 2. The maximum atomic E-state index is 10.6. The summed E-state index contributed by atoms with van der Waals surface area (Å²) in [4.78, 5) is 37.7. The largest absolute Gasteiger partial charge is 0.399 e. The molecule has 18 heavy (non-hydrogen) atoms. The first-order chi connectivity index (χ1) is 8.38. The lowest BCUT2D eigenvalue weighted by Gasteiger charge is -1.85. The van der Waals surface area contributed by atoms with E-state index in [0.29, 0.717) is 16.4 Å². The maximum Gasteiger partial charge on any atom is 0.368 e. The highest BCUT2D eigenvalue weighted by atomic mass is 16.2. The number of carbonyl (C=O) groups excluding carboxylic acids is 3. The van der Waals surface area contributed by atoms with Gasteiger partial charge in [0.25, 0.3) is 0 Å². The van der Waals surface area contributed by atoms with Crippen LogP contribution in [0, 0.1) is 0 Å². The molecule has 0 radical (unpaired) electrons. The van der Waals surface area contributed by atoms with Gasteiger partial charge in [0, 0.05) is 5.69 Å². The molecular formula is C11H12N4O3. The van der Waals surface area contributed by atoms with Gasteiger partial charge in [-0.25, -0.2) is 4.79 Å². The minimum atomic E-state index is -0.562. The van der Waals surface area contributed by atoms with Crippen LogP contribution in [0.3, 0.4) is 0 Å². The number of ketones is 1. The molecule has 0 saturated heterocycles. The molecule has 7 heteroatoms. The molecule has 1 aromatic carbocycles. The Hall–Kier alpha value is -2.57. The minimum absolute atomic E-state index is 0.139. The van der Waals surface area contributed by atoms with Crippen molar-refractivity contribution in [2.24, 2.45) is 15.7 Å². The number of hydrogen-bond acceptors (Lipinski definition) is 4. The van der Waals surface area contributed by atoms with Crippen molar-refractivity contribution in [2.45, 2.75) is 13.3 Å². The predicted molar refractivity (Wildman–Crippen MR) is 63.1 cm³/mol. The quantitative estimate of drug-likeness (QED) is 0.518. The average molecular weight is 248 g/mol. The molecule has 94 valence electrons. The number of nitrogens with two attached hydrogens (primary N) is 2. The molecule has 0 aliphatic carbocycles. The Morgan fingerprint density at radius 1 is 1.22 bits per heavy atom. The molecule has 0 saturated carbocycles. The number of carbonyl (C=O) groups is 3. The van der Waals surface area contributed by atoms with Gasteiger partial charge in [0.2, 0.25) is 5.91 Å². The Labute approximate surface area is 102 Å². The zero-order chi connectivity index (χ0) is 13.7. The van der Waals surface area contributed by atoms with Crippen LogP contribution in [0.4, 0.5) is 10.5 Å². The van der Waals surface area contributed by atoms with Crippen LogP contribution in [0.15, 0.2) is 28.2 Å². The third kappa shape index (κ3) is 4.12. The van der Waals surface area contributed by atoms with Gasteiger partial charge < -0.3 is 11.5 Å². The van der Waals surface area contributed by atoms with E-state index in [2.05, 4.69) is 15.7 Å². The van der Waals surface area contributed by atoms with Crippen molar-refractivity contribution in [3.63, 3.8) is 0 Å². The van der Waals surface area contributed by atoms with Gasteiger partial charge in [-0.3, -0.25) is 9.59 Å². The molecule has 0 fully saturated rings. The smallest absolute Gasteiger partial charge is 0.368 e. The summed E-state index contributed by atoms with van der Waals surface area (Å²) >= 11 is 0. The van der Waals surface area contributed by atoms with Gasteiger partial charge in [0.15, 0.2) is 0 Å². The highest BCUT2D eigenvalue weighted by Gasteiger charge is 2.03. The topological polar surface area (TPSA) is 128 Å². The molecule has 0 spiro atoms. The number of nitrogen functional groups attached to an aromatic ring is 1. The van der Waals surface area contributed by atoms with E-state index in [4.69, 9.17) is 5.73 Å². The van der Waals surface area contributed by atoms with E-state index < -0.39 is 11.9 Å². The van der Waals surface area contributed by atoms with E-state index in [0.717, 1.165) is 0 Å². The molecule has 1 aliphatic rings. The number of nitrogens with zero attached hydrogens (tertiary/aromatic N) is 2. The Bertz CT molecular complexity index is 610. The Balaban J connectivity index is 0.000000203. The van der Waals surface area contributed by atoms with Gasteiger partial charge >= 0.3 is 6.03 Å². The average Bonchev–Trinajstić information content (AvgIpc) is 2.55. The molecule has 0 bridgehead atoms. The summed E-state index contributed by atoms with van der Waals surface area (Å²) in [6.45, 7) is 1.32. The van der Waals surface area contributed by atoms with E-state index in [1.54, 1.807) is 18.2 Å². The van der Waals surface area contributed by atoms with Crippen LogP contribution in [0.25, 0.3) is 0 Å². The summed E-state index contributed by atoms with van der Waals surface area (Å²) in [5.74, 6) is -0.750. The van der Waals surface area contributed by atoms with Gasteiger partial charge in [-0.05, 0) is 25.1 Å². The second kappa shape index (κ2) is 5.67. The fraction of sp³-hybridized carbons (Fsp3) is 0.182. The van der Waals surface area contributed by atoms with Crippen molar-refractivity contribution in [2.75, 3.05) is 5.73 Å². The summed E-state index contributed by atoms with van der Waals surface area (Å²) < 4.78 is 0. The Morgan fingerprint density at radius 3 is 2.33 bits per heavy atom. The monoisotopic (exact) mass is 248 g/mol. The zero-order valence-corrected chi connectivity index (χ0v) is 9.71. The van der Waals surface area contributed by atoms with Crippen LogP contribution in [0.2, 0.25) is 0 Å². The van der Waals surface area contributed by atoms with Crippen molar-refractivity contribution >= 4 is 23.4 Å². The molecule has 0 atom stereocenters. The minimum Gasteiger partial charge on any atom is -0.399 e. The first kappa shape index (κ1) is 13.5. The lowest BCUT2D eigenvalue weighted by atomic mass is 10.3. The summed E-state index contributed by atoms with van der Waals surface area (Å²) in [6, 6.07) is 4.55. The SMILES string of the molecule is CC(=O)CC(N)=O.Nc1ccc2c(c1)=NC(=O)N=2. The molecule has 0 unspecified atom stereocenters. The molecule has 7 nitrogen and oxygen atoms in total. The van der Waals surface area contributed by atoms with E-state index in [1.807, 2.05) is 0 Å². The third-order valence-electron chi connectivity index (χ3n) is 1.85. The molecule has 2 rings (SSSR count). The number of amides is 3. The zero-order valence-electron chi connectivity index (χ0n) is 9.71. The molecule has 4 N–H and O–H groups in total. The maximum absolute atomic E-state index is 10.6. The van der Waals surface area contributed by atoms with Crippen LogP contribution >= 0.6 is 0 Å². The molecule has 1 aliphatic heterocycles. The van der Waals surface area contributed by atoms with Gasteiger partial charge in [0.1, 0.15) is 5.78 Å². The van der Waals surface area contributed by atoms with E-state index in [-0.39, 0.29) is 12.2 Å². The highest BCUT2D eigenvalue weighted by Crippen LogP contribution is 1.92. The van der Waals surface area contributed by atoms with Crippen LogP contribution in [-0.4, -0.2) is 17.7 Å². The second-order valence-electron chi connectivity index (χ2n) is 3.60. The van der Waals surface area contributed by atoms with Crippen molar-refractivity contribution in [3.05, 3.63) is 28.9 Å². The first-order valence-electron chi connectivity index (χ1n) is 5.03. The molecule has 0 aromatic heterocycles. The molecular weight excluding hydrogens is 236 g/mol. The molecule has 3 amide bonds. The Morgan fingerprint density at radius 2 is 1.83 bits per heavy atom. The number of benzene rings is 1. The lowest BCUT2D eigenvalue weighted by molar-refractivity contribution is -0.125. The number of primary amides is 1. The number of fused-ring (bicyclic) bond motifs is 1. The third-order valence-corrected chi connectivity index (χ3v) is 1.85. The fourth-order valence-electron chi connectivity index (χ4n) is 1.20. The van der Waals surface area contributed by atoms with Crippen molar-refractivity contribution in [1.29, 1.82) is 0 Å². The van der Waals surface area contributed by atoms with Gasteiger partial charge in [0.05, 0.1) is 17.1 Å². The van der Waals surface area contributed by atoms with Gasteiger partial charge in [-0.1, -0.05) is 0 Å². The summed E-state index contributed by atoms with van der Waals surface area (Å²) in [7, 11) is 0. The normalized spacial score (nSPS) is 11.5. The highest BCUT2D eigenvalue weighted by molar-refractivity contribution is 5.95. The molecule has 1 heterocycles. The summed E-state index contributed by atoms with van der Waals surface area (Å²) in [6.07, 6.45) is -0.139. The molecule has 1 aromatic rings.